The average Bonchev–Trinajstić information content (AvgIpc) is 2.99. The zero-order valence-electron chi connectivity index (χ0n) is 14.8. The van der Waals surface area contributed by atoms with E-state index in [1.165, 1.54) is 6.07 Å². The van der Waals surface area contributed by atoms with Gasteiger partial charge in [-0.25, -0.2) is 0 Å². The molecule has 134 valence electrons. The monoisotopic (exact) mass is 344 g/mol. The number of hydrogen-bond acceptors (Lipinski definition) is 5. The number of methoxy groups -OCH3 is 1. The summed E-state index contributed by atoms with van der Waals surface area (Å²) < 4.78 is 19.3. The number of para-hydroxylation sites is 1. The Hall–Kier alpha value is -2.34. The number of fused-ring (bicyclic) bond motifs is 1. The van der Waals surface area contributed by atoms with Crippen molar-refractivity contribution in [3.05, 3.63) is 52.4 Å². The standard InChI is InChI=1S/C19H24N2O4/c1-13(2)9-16(24-15-7-5-4-6-8-15)17-11-21-14(12-23-3)10-18(22)20-19(21)25-17/h4-8,10,13,16-17H,9,11-12H2,1-3H3. The Kier molecular flexibility index (Phi) is 5.38. The van der Waals surface area contributed by atoms with Crippen LogP contribution in [0.5, 0.6) is 11.8 Å². The number of rotatable bonds is 7. The van der Waals surface area contributed by atoms with Crippen LogP contribution in [0.15, 0.2) is 41.2 Å². The maximum atomic E-state index is 11.8. The molecule has 0 fully saturated rings. The first-order valence-electron chi connectivity index (χ1n) is 8.55. The smallest absolute Gasteiger partial charge is 0.300 e. The van der Waals surface area contributed by atoms with Crippen molar-refractivity contribution in [2.24, 2.45) is 5.92 Å². The molecule has 0 radical (unpaired) electrons. The quantitative estimate of drug-likeness (QED) is 0.773. The molecule has 1 aliphatic rings. The fourth-order valence-corrected chi connectivity index (χ4v) is 3.04. The number of aromatic nitrogens is 2. The zero-order chi connectivity index (χ0) is 17.8. The zero-order valence-corrected chi connectivity index (χ0v) is 14.8. The Morgan fingerprint density at radius 2 is 2.08 bits per heavy atom. The second-order valence-electron chi connectivity index (χ2n) is 6.67. The van der Waals surface area contributed by atoms with Crippen molar-refractivity contribution in [1.29, 1.82) is 0 Å². The second-order valence-corrected chi connectivity index (χ2v) is 6.67. The Labute approximate surface area is 147 Å². The third kappa shape index (κ3) is 4.20. The summed E-state index contributed by atoms with van der Waals surface area (Å²) in [4.78, 5) is 15.8. The fourth-order valence-electron chi connectivity index (χ4n) is 3.04. The maximum absolute atomic E-state index is 11.8. The maximum Gasteiger partial charge on any atom is 0.300 e. The fraction of sp³-hybridized carbons (Fsp3) is 0.474. The number of benzene rings is 1. The molecule has 2 atom stereocenters. The Morgan fingerprint density at radius 3 is 2.76 bits per heavy atom. The molecule has 6 nitrogen and oxygen atoms in total. The van der Waals surface area contributed by atoms with Gasteiger partial charge in [0, 0.05) is 13.2 Å². The van der Waals surface area contributed by atoms with Crippen molar-refractivity contribution in [1.82, 2.24) is 9.55 Å². The molecule has 3 rings (SSSR count). The predicted octanol–water partition coefficient (Wildman–Crippen LogP) is 2.64. The minimum absolute atomic E-state index is 0.130. The van der Waals surface area contributed by atoms with E-state index < -0.39 is 0 Å². The van der Waals surface area contributed by atoms with Gasteiger partial charge in [-0.1, -0.05) is 32.0 Å². The first-order valence-corrected chi connectivity index (χ1v) is 8.55. The van der Waals surface area contributed by atoms with Gasteiger partial charge in [-0.05, 0) is 24.5 Å². The van der Waals surface area contributed by atoms with Crippen LogP contribution < -0.4 is 15.0 Å². The van der Waals surface area contributed by atoms with Crippen molar-refractivity contribution in [2.75, 3.05) is 7.11 Å². The van der Waals surface area contributed by atoms with E-state index in [9.17, 15) is 4.79 Å². The highest BCUT2D eigenvalue weighted by molar-refractivity contribution is 5.22. The van der Waals surface area contributed by atoms with Crippen molar-refractivity contribution in [3.63, 3.8) is 0 Å². The van der Waals surface area contributed by atoms with Crippen molar-refractivity contribution >= 4 is 0 Å². The summed E-state index contributed by atoms with van der Waals surface area (Å²) in [5.74, 6) is 1.26. The molecule has 1 aromatic carbocycles. The molecule has 1 aliphatic heterocycles. The SMILES string of the molecule is COCc1cc(=O)nc2n1CC(C(CC(C)C)Oc1ccccc1)O2. The number of nitrogens with zero attached hydrogens (tertiary/aromatic N) is 2. The molecular formula is C19H24N2O4. The van der Waals surface area contributed by atoms with Crippen LogP contribution in [0.2, 0.25) is 0 Å². The topological polar surface area (TPSA) is 62.6 Å². The predicted molar refractivity (Wildman–Crippen MR) is 93.9 cm³/mol. The van der Waals surface area contributed by atoms with Crippen LogP contribution in [-0.4, -0.2) is 28.9 Å². The number of hydrogen-bond donors (Lipinski definition) is 0. The van der Waals surface area contributed by atoms with Crippen molar-refractivity contribution in [3.8, 4) is 11.8 Å². The molecule has 1 aromatic heterocycles. The third-order valence-electron chi connectivity index (χ3n) is 4.13. The van der Waals surface area contributed by atoms with Crippen LogP contribution in [0.4, 0.5) is 0 Å². The van der Waals surface area contributed by atoms with Gasteiger partial charge in [0.1, 0.15) is 11.9 Å². The average molecular weight is 344 g/mol. The van der Waals surface area contributed by atoms with Gasteiger partial charge in [-0.2, -0.15) is 4.98 Å². The van der Waals surface area contributed by atoms with E-state index in [-0.39, 0.29) is 17.8 Å². The molecule has 0 amide bonds. The molecule has 2 aromatic rings. The van der Waals surface area contributed by atoms with Crippen LogP contribution in [0.3, 0.4) is 0 Å². The Bertz CT molecular complexity index is 758. The summed E-state index contributed by atoms with van der Waals surface area (Å²) in [6.07, 6.45) is 0.514. The molecule has 2 unspecified atom stereocenters. The van der Waals surface area contributed by atoms with Gasteiger partial charge in [-0.3, -0.25) is 9.36 Å². The van der Waals surface area contributed by atoms with E-state index in [1.807, 2.05) is 34.9 Å². The summed E-state index contributed by atoms with van der Waals surface area (Å²) in [7, 11) is 1.60. The largest absolute Gasteiger partial charge is 0.486 e. The van der Waals surface area contributed by atoms with Gasteiger partial charge in [0.25, 0.3) is 5.56 Å². The molecule has 0 N–H and O–H groups in total. The van der Waals surface area contributed by atoms with E-state index >= 15 is 0 Å². The summed E-state index contributed by atoms with van der Waals surface area (Å²) in [6, 6.07) is 11.6. The van der Waals surface area contributed by atoms with E-state index in [2.05, 4.69) is 18.8 Å². The highest BCUT2D eigenvalue weighted by Crippen LogP contribution is 2.27. The third-order valence-corrected chi connectivity index (χ3v) is 4.13. The van der Waals surface area contributed by atoms with E-state index in [0.29, 0.717) is 25.1 Å². The minimum atomic E-state index is -0.316. The highest BCUT2D eigenvalue weighted by atomic mass is 16.6. The van der Waals surface area contributed by atoms with Crippen LogP contribution in [0.1, 0.15) is 26.0 Å². The molecule has 6 heteroatoms. The van der Waals surface area contributed by atoms with Gasteiger partial charge < -0.3 is 14.2 Å². The Morgan fingerprint density at radius 1 is 1.32 bits per heavy atom. The first kappa shape index (κ1) is 17.5. The normalized spacial score (nSPS) is 17.2. The summed E-state index contributed by atoms with van der Waals surface area (Å²) in [5.41, 5.74) is 0.450. The lowest BCUT2D eigenvalue weighted by atomic mass is 10.0. The van der Waals surface area contributed by atoms with Crippen LogP contribution >= 0.6 is 0 Å². The number of ether oxygens (including phenoxy) is 3. The highest BCUT2D eigenvalue weighted by Gasteiger charge is 2.34. The molecular weight excluding hydrogens is 320 g/mol. The molecule has 0 saturated carbocycles. The molecule has 0 saturated heterocycles. The molecule has 2 heterocycles. The van der Waals surface area contributed by atoms with E-state index in [4.69, 9.17) is 14.2 Å². The van der Waals surface area contributed by atoms with Gasteiger partial charge >= 0.3 is 6.01 Å². The van der Waals surface area contributed by atoms with Crippen LogP contribution in [0, 0.1) is 5.92 Å². The lowest BCUT2D eigenvalue weighted by molar-refractivity contribution is 0.0506. The van der Waals surface area contributed by atoms with Gasteiger partial charge in [0.2, 0.25) is 0 Å². The van der Waals surface area contributed by atoms with Gasteiger partial charge in [-0.15, -0.1) is 0 Å². The summed E-state index contributed by atoms with van der Waals surface area (Å²) >= 11 is 0. The lowest BCUT2D eigenvalue weighted by Gasteiger charge is -2.25. The van der Waals surface area contributed by atoms with E-state index in [1.54, 1.807) is 7.11 Å². The van der Waals surface area contributed by atoms with Gasteiger partial charge in [0.05, 0.1) is 18.8 Å². The molecule has 0 spiro atoms. The minimum Gasteiger partial charge on any atom is -0.486 e. The Balaban J connectivity index is 1.83. The summed E-state index contributed by atoms with van der Waals surface area (Å²) in [6.45, 7) is 5.24. The van der Waals surface area contributed by atoms with Crippen LogP contribution in [-0.2, 0) is 17.9 Å². The molecule has 25 heavy (non-hydrogen) atoms. The molecule has 0 bridgehead atoms. The summed E-state index contributed by atoms with van der Waals surface area (Å²) in [5, 5.41) is 0. The van der Waals surface area contributed by atoms with Gasteiger partial charge in [0.15, 0.2) is 6.10 Å². The lowest BCUT2D eigenvalue weighted by Crippen LogP contribution is -2.37. The second kappa shape index (κ2) is 7.70. The van der Waals surface area contributed by atoms with E-state index in [0.717, 1.165) is 17.9 Å². The van der Waals surface area contributed by atoms with Crippen molar-refractivity contribution in [2.45, 2.75) is 45.6 Å². The van der Waals surface area contributed by atoms with Crippen molar-refractivity contribution < 1.29 is 14.2 Å². The molecule has 0 aliphatic carbocycles. The first-order chi connectivity index (χ1) is 12.1. The van der Waals surface area contributed by atoms with Crippen LogP contribution in [0.25, 0.3) is 0 Å².